The highest BCUT2D eigenvalue weighted by molar-refractivity contribution is 5.97. The number of hydrogen-bond donors (Lipinski definition) is 1. The molecule has 3 rings (SSSR count). The summed E-state index contributed by atoms with van der Waals surface area (Å²) in [5.41, 5.74) is 0.832. The Labute approximate surface area is 144 Å². The maximum Gasteiger partial charge on any atom is 0.303 e. The molecule has 8 heteroatoms. The standard InChI is InChI=1S/C17H18N2O6/c1-19(6-2-3-14(20)21)17(22)15-16(25-10-18-15)11-4-5-12-13(9-11)24-8-7-23-12/h4-5,9-10H,2-3,6-8H2,1H3,(H,20,21). The lowest BCUT2D eigenvalue weighted by atomic mass is 10.1. The van der Waals surface area contributed by atoms with Crippen molar-refractivity contribution in [3.8, 4) is 22.8 Å². The third kappa shape index (κ3) is 3.73. The van der Waals surface area contributed by atoms with Crippen LogP contribution in [0.4, 0.5) is 0 Å². The van der Waals surface area contributed by atoms with Gasteiger partial charge in [0.1, 0.15) is 13.2 Å². The predicted molar refractivity (Wildman–Crippen MR) is 86.8 cm³/mol. The third-order valence-electron chi connectivity index (χ3n) is 3.81. The highest BCUT2D eigenvalue weighted by Gasteiger charge is 2.23. The van der Waals surface area contributed by atoms with Gasteiger partial charge in [0.15, 0.2) is 29.3 Å². The minimum absolute atomic E-state index is 0.00541. The molecule has 1 N–H and O–H groups in total. The van der Waals surface area contributed by atoms with E-state index in [1.54, 1.807) is 25.2 Å². The lowest BCUT2D eigenvalue weighted by Crippen LogP contribution is -2.28. The van der Waals surface area contributed by atoms with Crippen LogP contribution in [0.2, 0.25) is 0 Å². The molecule has 0 bridgehead atoms. The van der Waals surface area contributed by atoms with E-state index in [9.17, 15) is 9.59 Å². The molecule has 1 aromatic heterocycles. The fraction of sp³-hybridized carbons (Fsp3) is 0.353. The van der Waals surface area contributed by atoms with Crippen molar-refractivity contribution in [3.63, 3.8) is 0 Å². The van der Waals surface area contributed by atoms with Crippen molar-refractivity contribution < 1.29 is 28.6 Å². The molecular weight excluding hydrogens is 328 g/mol. The van der Waals surface area contributed by atoms with Crippen LogP contribution in [-0.2, 0) is 4.79 Å². The average molecular weight is 346 g/mol. The van der Waals surface area contributed by atoms with Crippen LogP contribution in [0.25, 0.3) is 11.3 Å². The molecule has 0 saturated heterocycles. The van der Waals surface area contributed by atoms with Gasteiger partial charge in [-0.15, -0.1) is 0 Å². The molecule has 1 amide bonds. The van der Waals surface area contributed by atoms with Gasteiger partial charge in [0.05, 0.1) is 0 Å². The first-order chi connectivity index (χ1) is 12.1. The highest BCUT2D eigenvalue weighted by atomic mass is 16.6. The van der Waals surface area contributed by atoms with Crippen LogP contribution >= 0.6 is 0 Å². The number of oxazole rings is 1. The maximum atomic E-state index is 12.6. The predicted octanol–water partition coefficient (Wildman–Crippen LogP) is 2.05. The van der Waals surface area contributed by atoms with Crippen molar-refractivity contribution in [2.75, 3.05) is 26.8 Å². The number of aliphatic carboxylic acids is 1. The molecule has 0 atom stereocenters. The van der Waals surface area contributed by atoms with Gasteiger partial charge in [0.25, 0.3) is 5.91 Å². The molecule has 1 aromatic carbocycles. The van der Waals surface area contributed by atoms with E-state index in [2.05, 4.69) is 4.98 Å². The number of aromatic nitrogens is 1. The van der Waals surface area contributed by atoms with Crippen molar-refractivity contribution in [1.82, 2.24) is 9.88 Å². The summed E-state index contributed by atoms with van der Waals surface area (Å²) in [7, 11) is 1.60. The number of fused-ring (bicyclic) bond motifs is 1. The van der Waals surface area contributed by atoms with Crippen LogP contribution in [0.1, 0.15) is 23.3 Å². The van der Waals surface area contributed by atoms with Crippen LogP contribution in [0.5, 0.6) is 11.5 Å². The molecule has 25 heavy (non-hydrogen) atoms. The number of rotatable bonds is 6. The summed E-state index contributed by atoms with van der Waals surface area (Å²) in [4.78, 5) is 28.6. The van der Waals surface area contributed by atoms with E-state index in [0.29, 0.717) is 49.0 Å². The Morgan fingerprint density at radius 1 is 1.24 bits per heavy atom. The molecule has 0 saturated carbocycles. The Morgan fingerprint density at radius 2 is 2.00 bits per heavy atom. The smallest absolute Gasteiger partial charge is 0.303 e. The van der Waals surface area contributed by atoms with Gasteiger partial charge in [0, 0.05) is 25.6 Å². The van der Waals surface area contributed by atoms with E-state index in [-0.39, 0.29) is 18.0 Å². The van der Waals surface area contributed by atoms with Gasteiger partial charge in [-0.25, -0.2) is 4.98 Å². The number of ether oxygens (including phenoxy) is 2. The van der Waals surface area contributed by atoms with E-state index < -0.39 is 5.97 Å². The number of carboxylic acid groups (broad SMARTS) is 1. The monoisotopic (exact) mass is 346 g/mol. The quantitative estimate of drug-likeness (QED) is 0.854. The molecular formula is C17H18N2O6. The number of hydrogen-bond acceptors (Lipinski definition) is 6. The van der Waals surface area contributed by atoms with Gasteiger partial charge in [0.2, 0.25) is 0 Å². The molecule has 2 heterocycles. The van der Waals surface area contributed by atoms with E-state index in [0.717, 1.165) is 0 Å². The van der Waals surface area contributed by atoms with Crippen LogP contribution in [0.15, 0.2) is 29.0 Å². The molecule has 0 radical (unpaired) electrons. The summed E-state index contributed by atoms with van der Waals surface area (Å²) in [5.74, 6) is 0.358. The summed E-state index contributed by atoms with van der Waals surface area (Å²) in [6, 6.07) is 5.28. The number of nitrogens with zero attached hydrogens (tertiary/aromatic N) is 2. The van der Waals surface area contributed by atoms with Crippen molar-refractivity contribution >= 4 is 11.9 Å². The summed E-state index contributed by atoms with van der Waals surface area (Å²) in [5, 5.41) is 8.69. The SMILES string of the molecule is CN(CCCC(=O)O)C(=O)c1ncoc1-c1ccc2c(c1)OCCO2. The first-order valence-electron chi connectivity index (χ1n) is 7.87. The lowest BCUT2D eigenvalue weighted by Gasteiger charge is -2.19. The zero-order valence-electron chi connectivity index (χ0n) is 13.7. The molecule has 0 fully saturated rings. The number of carboxylic acids is 1. The maximum absolute atomic E-state index is 12.6. The topological polar surface area (TPSA) is 102 Å². The van der Waals surface area contributed by atoms with Crippen LogP contribution in [0, 0.1) is 0 Å². The summed E-state index contributed by atoms with van der Waals surface area (Å²) >= 11 is 0. The average Bonchev–Trinajstić information content (AvgIpc) is 3.10. The second-order valence-corrected chi connectivity index (χ2v) is 5.61. The molecule has 8 nitrogen and oxygen atoms in total. The molecule has 0 spiro atoms. The second kappa shape index (κ2) is 7.25. The van der Waals surface area contributed by atoms with Crippen molar-refractivity contribution in [2.45, 2.75) is 12.8 Å². The van der Waals surface area contributed by atoms with Gasteiger partial charge in [-0.05, 0) is 24.6 Å². The van der Waals surface area contributed by atoms with Gasteiger partial charge >= 0.3 is 5.97 Å². The molecule has 1 aliphatic rings. The minimum Gasteiger partial charge on any atom is -0.486 e. The second-order valence-electron chi connectivity index (χ2n) is 5.61. The van der Waals surface area contributed by atoms with E-state index in [4.69, 9.17) is 19.0 Å². The first kappa shape index (κ1) is 16.8. The fourth-order valence-corrected chi connectivity index (χ4v) is 2.54. The number of amides is 1. The van der Waals surface area contributed by atoms with Crippen molar-refractivity contribution in [2.24, 2.45) is 0 Å². The number of carbonyl (C=O) groups is 2. The summed E-state index contributed by atoms with van der Waals surface area (Å²) < 4.78 is 16.4. The zero-order chi connectivity index (χ0) is 17.8. The van der Waals surface area contributed by atoms with Crippen LogP contribution in [0.3, 0.4) is 0 Å². The summed E-state index contributed by atoms with van der Waals surface area (Å²) in [6.07, 6.45) is 1.59. The molecule has 2 aromatic rings. The normalized spacial score (nSPS) is 12.7. The van der Waals surface area contributed by atoms with E-state index in [1.807, 2.05) is 0 Å². The molecule has 132 valence electrons. The third-order valence-corrected chi connectivity index (χ3v) is 3.81. The fourth-order valence-electron chi connectivity index (χ4n) is 2.54. The van der Waals surface area contributed by atoms with Gasteiger partial charge < -0.3 is 23.9 Å². The Kier molecular flexibility index (Phi) is 4.87. The minimum atomic E-state index is -0.890. The van der Waals surface area contributed by atoms with Crippen LogP contribution in [-0.4, -0.2) is 53.7 Å². The Balaban J connectivity index is 1.78. The molecule has 0 aliphatic carbocycles. The Bertz CT molecular complexity index is 785. The summed E-state index contributed by atoms with van der Waals surface area (Å²) in [6.45, 7) is 1.28. The lowest BCUT2D eigenvalue weighted by molar-refractivity contribution is -0.137. The van der Waals surface area contributed by atoms with Gasteiger partial charge in [-0.1, -0.05) is 0 Å². The Hall–Kier alpha value is -3.03. The molecule has 1 aliphatic heterocycles. The van der Waals surface area contributed by atoms with Crippen LogP contribution < -0.4 is 9.47 Å². The van der Waals surface area contributed by atoms with Crippen molar-refractivity contribution in [1.29, 1.82) is 0 Å². The van der Waals surface area contributed by atoms with Gasteiger partial charge in [-0.2, -0.15) is 0 Å². The number of benzene rings is 1. The number of carbonyl (C=O) groups excluding carboxylic acids is 1. The van der Waals surface area contributed by atoms with E-state index >= 15 is 0 Å². The van der Waals surface area contributed by atoms with E-state index in [1.165, 1.54) is 11.3 Å². The first-order valence-corrected chi connectivity index (χ1v) is 7.87. The van der Waals surface area contributed by atoms with Crippen molar-refractivity contribution in [3.05, 3.63) is 30.3 Å². The Morgan fingerprint density at radius 3 is 2.76 bits per heavy atom. The zero-order valence-corrected chi connectivity index (χ0v) is 13.7. The highest BCUT2D eigenvalue weighted by Crippen LogP contribution is 2.35. The van der Waals surface area contributed by atoms with Gasteiger partial charge in [-0.3, -0.25) is 9.59 Å². The molecule has 0 unspecified atom stereocenters. The largest absolute Gasteiger partial charge is 0.486 e.